The lowest BCUT2D eigenvalue weighted by Gasteiger charge is -1.98. The Morgan fingerprint density at radius 2 is 2.46 bits per heavy atom. The Kier molecular flexibility index (Phi) is 4.42. The van der Waals surface area contributed by atoms with E-state index in [4.69, 9.17) is 11.6 Å². The molecule has 0 aromatic carbocycles. The average molecular weight is 262 g/mol. The fourth-order valence-corrected chi connectivity index (χ4v) is 1.37. The second kappa shape index (κ2) is 5.37. The molecule has 0 atom stereocenters. The third-order valence-corrected chi connectivity index (χ3v) is 2.34. The molecule has 0 bridgehead atoms. The summed E-state index contributed by atoms with van der Waals surface area (Å²) >= 11 is 9.14. The maximum atomic E-state index is 5.75. The van der Waals surface area contributed by atoms with Gasteiger partial charge in [-0.2, -0.15) is 0 Å². The van der Waals surface area contributed by atoms with Gasteiger partial charge in [0.2, 0.25) is 0 Å². The van der Waals surface area contributed by atoms with Crippen LogP contribution >= 0.6 is 27.5 Å². The topological polar surface area (TPSA) is 24.9 Å². The molecule has 0 fully saturated rings. The van der Waals surface area contributed by atoms with E-state index in [0.717, 1.165) is 16.6 Å². The average Bonchev–Trinajstić information content (AvgIpc) is 2.11. The van der Waals surface area contributed by atoms with E-state index in [1.165, 1.54) is 0 Å². The Morgan fingerprint density at radius 1 is 1.69 bits per heavy atom. The lowest BCUT2D eigenvalue weighted by Crippen LogP contribution is -2.03. The minimum absolute atomic E-state index is 0.507. The molecule has 0 saturated heterocycles. The van der Waals surface area contributed by atoms with Crippen molar-refractivity contribution in [2.45, 2.75) is 0 Å². The van der Waals surface area contributed by atoms with Gasteiger partial charge >= 0.3 is 0 Å². The number of nitrogens with one attached hydrogen (secondary N) is 1. The van der Waals surface area contributed by atoms with Crippen LogP contribution in [0.25, 0.3) is 6.08 Å². The standard InChI is InChI=1S/C9H10BrClN2/c1-12-4-2-3-7-5-9(11)13-6-8(7)10/h2-3,5-6,12H,4H2,1H3. The monoisotopic (exact) mass is 260 g/mol. The van der Waals surface area contributed by atoms with E-state index in [2.05, 4.69) is 26.2 Å². The van der Waals surface area contributed by atoms with Crippen LogP contribution in [-0.2, 0) is 0 Å². The maximum Gasteiger partial charge on any atom is 0.129 e. The Labute approximate surface area is 91.1 Å². The molecule has 0 saturated carbocycles. The van der Waals surface area contributed by atoms with Gasteiger partial charge in [-0.3, -0.25) is 0 Å². The third-order valence-electron chi connectivity index (χ3n) is 1.47. The molecule has 0 unspecified atom stereocenters. The van der Waals surface area contributed by atoms with Crippen molar-refractivity contribution < 1.29 is 0 Å². The van der Waals surface area contributed by atoms with Crippen LogP contribution in [0, 0.1) is 0 Å². The highest BCUT2D eigenvalue weighted by atomic mass is 79.9. The molecule has 0 aliphatic heterocycles. The molecule has 0 aliphatic carbocycles. The SMILES string of the molecule is CNCC=Cc1cc(Cl)ncc1Br. The maximum absolute atomic E-state index is 5.75. The van der Waals surface area contributed by atoms with Gasteiger partial charge in [0.15, 0.2) is 0 Å². The first-order valence-electron chi connectivity index (χ1n) is 3.86. The molecule has 1 rings (SSSR count). The van der Waals surface area contributed by atoms with E-state index in [1.54, 1.807) is 6.20 Å². The summed E-state index contributed by atoms with van der Waals surface area (Å²) in [4.78, 5) is 3.94. The molecule has 13 heavy (non-hydrogen) atoms. The third kappa shape index (κ3) is 3.46. The number of rotatable bonds is 3. The second-order valence-corrected chi connectivity index (χ2v) is 3.73. The van der Waals surface area contributed by atoms with Crippen molar-refractivity contribution in [2.75, 3.05) is 13.6 Å². The van der Waals surface area contributed by atoms with Crippen molar-refractivity contribution in [3.8, 4) is 0 Å². The van der Waals surface area contributed by atoms with Crippen molar-refractivity contribution >= 4 is 33.6 Å². The predicted molar refractivity (Wildman–Crippen MR) is 59.9 cm³/mol. The molecule has 1 heterocycles. The minimum Gasteiger partial charge on any atom is -0.316 e. The Morgan fingerprint density at radius 3 is 3.15 bits per heavy atom. The molecule has 0 aliphatic rings. The zero-order valence-electron chi connectivity index (χ0n) is 7.22. The van der Waals surface area contributed by atoms with E-state index in [0.29, 0.717) is 5.15 Å². The summed E-state index contributed by atoms with van der Waals surface area (Å²) in [5.74, 6) is 0. The second-order valence-electron chi connectivity index (χ2n) is 2.49. The summed E-state index contributed by atoms with van der Waals surface area (Å²) in [6, 6.07) is 1.82. The van der Waals surface area contributed by atoms with Crippen LogP contribution in [0.4, 0.5) is 0 Å². The quantitative estimate of drug-likeness (QED) is 0.846. The molecule has 0 spiro atoms. The molecule has 0 amide bonds. The Bertz CT molecular complexity index is 312. The Hall–Kier alpha value is -0.380. The fraction of sp³-hybridized carbons (Fsp3) is 0.222. The minimum atomic E-state index is 0.507. The smallest absolute Gasteiger partial charge is 0.129 e. The number of nitrogens with zero attached hydrogens (tertiary/aromatic N) is 1. The molecule has 2 nitrogen and oxygen atoms in total. The number of halogens is 2. The summed E-state index contributed by atoms with van der Waals surface area (Å²) in [7, 11) is 1.90. The van der Waals surface area contributed by atoms with Gasteiger partial charge in [-0.15, -0.1) is 0 Å². The van der Waals surface area contributed by atoms with Gasteiger partial charge in [0, 0.05) is 17.2 Å². The number of likely N-dealkylation sites (N-methyl/N-ethyl adjacent to an activating group) is 1. The van der Waals surface area contributed by atoms with Crippen LogP contribution < -0.4 is 5.32 Å². The molecule has 1 aromatic rings. The van der Waals surface area contributed by atoms with Gasteiger partial charge in [0.1, 0.15) is 5.15 Å². The van der Waals surface area contributed by atoms with Crippen LogP contribution in [-0.4, -0.2) is 18.6 Å². The summed E-state index contributed by atoms with van der Waals surface area (Å²) in [6.45, 7) is 0.840. The highest BCUT2D eigenvalue weighted by molar-refractivity contribution is 9.10. The number of hydrogen-bond donors (Lipinski definition) is 1. The first-order chi connectivity index (χ1) is 6.24. The molecule has 4 heteroatoms. The van der Waals surface area contributed by atoms with Gasteiger partial charge in [-0.1, -0.05) is 23.8 Å². The van der Waals surface area contributed by atoms with Crippen molar-refractivity contribution in [2.24, 2.45) is 0 Å². The van der Waals surface area contributed by atoms with E-state index < -0.39 is 0 Å². The highest BCUT2D eigenvalue weighted by Crippen LogP contribution is 2.19. The molecule has 0 radical (unpaired) electrons. The lowest BCUT2D eigenvalue weighted by atomic mass is 10.2. The summed E-state index contributed by atoms with van der Waals surface area (Å²) in [5.41, 5.74) is 1.04. The van der Waals surface area contributed by atoms with E-state index >= 15 is 0 Å². The zero-order valence-corrected chi connectivity index (χ0v) is 9.56. The summed E-state index contributed by atoms with van der Waals surface area (Å²) in [5, 5.41) is 3.53. The van der Waals surface area contributed by atoms with Crippen LogP contribution in [0.1, 0.15) is 5.56 Å². The predicted octanol–water partition coefficient (Wildman–Crippen LogP) is 2.73. The fourth-order valence-electron chi connectivity index (χ4n) is 0.859. The first kappa shape index (κ1) is 10.7. The highest BCUT2D eigenvalue weighted by Gasteiger charge is 1.96. The molecular formula is C9H10BrClN2. The number of hydrogen-bond acceptors (Lipinski definition) is 2. The van der Waals surface area contributed by atoms with Gasteiger partial charge in [-0.05, 0) is 34.6 Å². The van der Waals surface area contributed by atoms with Crippen molar-refractivity contribution in [1.29, 1.82) is 0 Å². The van der Waals surface area contributed by atoms with Gasteiger partial charge in [0.05, 0.1) is 0 Å². The van der Waals surface area contributed by atoms with Crippen LogP contribution in [0.2, 0.25) is 5.15 Å². The summed E-state index contributed by atoms with van der Waals surface area (Å²) in [6.07, 6.45) is 5.71. The number of pyridine rings is 1. The molecule has 70 valence electrons. The summed E-state index contributed by atoms with van der Waals surface area (Å²) < 4.78 is 0.948. The van der Waals surface area contributed by atoms with Crippen molar-refractivity contribution in [1.82, 2.24) is 10.3 Å². The largest absolute Gasteiger partial charge is 0.316 e. The Balaban J connectivity index is 2.81. The lowest BCUT2D eigenvalue weighted by molar-refractivity contribution is 0.922. The van der Waals surface area contributed by atoms with Gasteiger partial charge in [-0.25, -0.2) is 4.98 Å². The van der Waals surface area contributed by atoms with E-state index in [9.17, 15) is 0 Å². The van der Waals surface area contributed by atoms with Crippen LogP contribution in [0.3, 0.4) is 0 Å². The molecule has 1 aromatic heterocycles. The van der Waals surface area contributed by atoms with E-state index in [1.807, 2.05) is 25.3 Å². The van der Waals surface area contributed by atoms with Gasteiger partial charge in [0.25, 0.3) is 0 Å². The first-order valence-corrected chi connectivity index (χ1v) is 5.03. The van der Waals surface area contributed by atoms with Gasteiger partial charge < -0.3 is 5.32 Å². The van der Waals surface area contributed by atoms with Crippen molar-refractivity contribution in [3.63, 3.8) is 0 Å². The van der Waals surface area contributed by atoms with Crippen LogP contribution in [0.5, 0.6) is 0 Å². The number of aromatic nitrogens is 1. The van der Waals surface area contributed by atoms with Crippen molar-refractivity contribution in [3.05, 3.63) is 33.5 Å². The van der Waals surface area contributed by atoms with Crippen LogP contribution in [0.15, 0.2) is 22.8 Å². The molecular weight excluding hydrogens is 251 g/mol. The molecule has 1 N–H and O–H groups in total. The normalized spacial score (nSPS) is 11.0. The van der Waals surface area contributed by atoms with E-state index in [-0.39, 0.29) is 0 Å². The zero-order chi connectivity index (χ0) is 9.68.